The number of aliphatic hydroxyl groups is 2. The molecule has 214 valence electrons. The van der Waals surface area contributed by atoms with Crippen LogP contribution in [0.2, 0.25) is 5.28 Å². The molecule has 1 saturated heterocycles. The molecule has 4 aromatic rings. The number of ether oxygens (including phenoxy) is 1. The van der Waals surface area contributed by atoms with E-state index in [9.17, 15) is 34.4 Å². The maximum atomic E-state index is 12.2. The van der Waals surface area contributed by atoms with Gasteiger partial charge in [-0.25, -0.2) is 4.98 Å². The average molecular weight is 616 g/mol. The van der Waals surface area contributed by atoms with E-state index in [-0.39, 0.29) is 40.2 Å². The van der Waals surface area contributed by atoms with Crippen LogP contribution >= 0.6 is 26.6 Å². The summed E-state index contributed by atoms with van der Waals surface area (Å²) in [5.41, 5.74) is 0.823. The number of hydrogen-bond acceptors (Lipinski definition) is 11. The van der Waals surface area contributed by atoms with Gasteiger partial charge in [0.2, 0.25) is 12.7 Å². The first-order valence-corrected chi connectivity index (χ1v) is 15.9. The first kappa shape index (κ1) is 28.7. The van der Waals surface area contributed by atoms with Crippen molar-refractivity contribution in [2.45, 2.75) is 31.0 Å². The molecule has 5 atom stereocenters. The Hall–Kier alpha value is -2.84. The van der Waals surface area contributed by atoms with Crippen molar-refractivity contribution in [1.29, 1.82) is 0 Å². The number of aromatic hydroxyl groups is 2. The minimum Gasteiger partial charge on any atom is -0.504 e. The van der Waals surface area contributed by atoms with Gasteiger partial charge in [0.05, 0.1) is 12.4 Å². The summed E-state index contributed by atoms with van der Waals surface area (Å²) in [6.45, 7) is 0. The van der Waals surface area contributed by atoms with Crippen LogP contribution in [-0.2, 0) is 13.9 Å². The number of nitrogens with one attached hydrogen (secondary N) is 1. The van der Waals surface area contributed by atoms with E-state index < -0.39 is 51.6 Å². The Kier molecular flexibility index (Phi) is 7.55. The van der Waals surface area contributed by atoms with E-state index in [0.717, 1.165) is 0 Å². The van der Waals surface area contributed by atoms with E-state index >= 15 is 0 Å². The zero-order chi connectivity index (χ0) is 29.0. The highest BCUT2D eigenvalue weighted by molar-refractivity contribution is 7.72. The number of phenolic OH excluding ortho intramolecular Hbond substituents is 2. The van der Waals surface area contributed by atoms with E-state index in [1.54, 1.807) is 18.2 Å². The summed E-state index contributed by atoms with van der Waals surface area (Å²) in [4.78, 5) is 40.6. The molecule has 5 unspecified atom stereocenters. The Morgan fingerprint density at radius 3 is 2.50 bits per heavy atom. The van der Waals surface area contributed by atoms with Crippen LogP contribution in [0.25, 0.3) is 21.9 Å². The van der Waals surface area contributed by atoms with Crippen LogP contribution in [0.15, 0.2) is 36.7 Å². The van der Waals surface area contributed by atoms with Crippen molar-refractivity contribution in [2.75, 3.05) is 17.4 Å². The number of imidazole rings is 1. The summed E-state index contributed by atoms with van der Waals surface area (Å²) in [6.07, 6.45) is -4.91. The van der Waals surface area contributed by atoms with Gasteiger partial charge in [-0.2, -0.15) is 9.97 Å². The monoisotopic (exact) mass is 615 g/mol. The lowest BCUT2D eigenvalue weighted by Crippen LogP contribution is -2.32. The molecular weight excluding hydrogens is 592 g/mol. The second kappa shape index (κ2) is 10.5. The van der Waals surface area contributed by atoms with Crippen LogP contribution in [-0.4, -0.2) is 85.0 Å². The number of phenols is 2. The zero-order valence-corrected chi connectivity index (χ0v) is 22.9. The number of aromatic nitrogens is 4. The van der Waals surface area contributed by atoms with Crippen molar-refractivity contribution in [3.05, 3.63) is 41.9 Å². The molecule has 0 radical (unpaired) electrons. The fraction of sp³-hybridized carbons (Fsp3) is 0.318. The smallest absolute Gasteiger partial charge is 0.335 e. The topological polar surface area (TPSA) is 241 Å². The molecule has 40 heavy (non-hydrogen) atoms. The molecule has 0 spiro atoms. The van der Waals surface area contributed by atoms with Gasteiger partial charge in [0.15, 0.2) is 34.7 Å². The maximum Gasteiger partial charge on any atom is 0.335 e. The number of benzene rings is 2. The molecule has 1 aliphatic rings. The number of rotatable bonds is 8. The Balaban J connectivity index is 1.43. The van der Waals surface area contributed by atoms with Crippen molar-refractivity contribution in [3.8, 4) is 11.5 Å². The number of hydrogen-bond donors (Lipinski definition) is 8. The van der Waals surface area contributed by atoms with Gasteiger partial charge in [0, 0.05) is 17.2 Å². The predicted molar refractivity (Wildman–Crippen MR) is 143 cm³/mol. The third kappa shape index (κ3) is 5.79. The predicted octanol–water partition coefficient (Wildman–Crippen LogP) is 2.20. The second-order valence-corrected chi connectivity index (χ2v) is 14.3. The van der Waals surface area contributed by atoms with Crippen LogP contribution in [0.1, 0.15) is 12.6 Å². The van der Waals surface area contributed by atoms with Gasteiger partial charge in [-0.1, -0.05) is 12.1 Å². The molecule has 15 nitrogen and oxygen atoms in total. The molecule has 0 bridgehead atoms. The molecule has 2 aromatic heterocycles. The number of nitrogens with zero attached hydrogens (tertiary/aromatic N) is 4. The average Bonchev–Trinajstić information content (AvgIpc) is 3.38. The van der Waals surface area contributed by atoms with E-state index in [4.69, 9.17) is 26.1 Å². The molecule has 0 saturated carbocycles. The molecule has 0 aliphatic carbocycles. The quantitative estimate of drug-likeness (QED) is 0.0805. The molecule has 2 aromatic carbocycles. The van der Waals surface area contributed by atoms with Gasteiger partial charge in [-0.05, 0) is 41.6 Å². The number of halogens is 1. The zero-order valence-electron chi connectivity index (χ0n) is 20.3. The molecule has 18 heteroatoms. The maximum absolute atomic E-state index is 12.2. The van der Waals surface area contributed by atoms with Gasteiger partial charge in [-0.15, -0.1) is 0 Å². The molecule has 8 N–H and O–H groups in total. The molecule has 3 heterocycles. The number of anilines is 2. The molecule has 1 fully saturated rings. The fourth-order valence-electron chi connectivity index (χ4n) is 4.59. The summed E-state index contributed by atoms with van der Waals surface area (Å²) < 4.78 is 30.4. The van der Waals surface area contributed by atoms with Crippen molar-refractivity contribution < 1.29 is 49.0 Å². The summed E-state index contributed by atoms with van der Waals surface area (Å²) in [5, 5.41) is 45.1. The highest BCUT2D eigenvalue weighted by Crippen LogP contribution is 2.55. The van der Waals surface area contributed by atoms with Crippen molar-refractivity contribution in [1.82, 2.24) is 19.5 Å². The normalized spacial score (nSPS) is 23.1. The van der Waals surface area contributed by atoms with Crippen LogP contribution in [0, 0.1) is 0 Å². The Morgan fingerprint density at radius 2 is 1.77 bits per heavy atom. The fourth-order valence-corrected chi connectivity index (χ4v) is 8.28. The van der Waals surface area contributed by atoms with Crippen molar-refractivity contribution in [2.24, 2.45) is 0 Å². The Bertz CT molecular complexity index is 1700. The Morgan fingerprint density at radius 1 is 1.05 bits per heavy atom. The minimum atomic E-state index is -4.74. The van der Waals surface area contributed by atoms with Gasteiger partial charge >= 0.3 is 7.60 Å². The first-order valence-electron chi connectivity index (χ1n) is 11.7. The van der Waals surface area contributed by atoms with Crippen LogP contribution in [0.3, 0.4) is 0 Å². The molecule has 1 aliphatic heterocycles. The lowest BCUT2D eigenvalue weighted by atomic mass is 10.1. The Labute approximate surface area is 230 Å². The highest BCUT2D eigenvalue weighted by Gasteiger charge is 2.45. The SMILES string of the molecule is O=P(O)(O)CP(=O)(O)CCC1OC(n2cnc3c(Nc4cccc5cc(O)c(O)cc45)nc(Cl)nc32)C(O)C1O. The second-order valence-electron chi connectivity index (χ2n) is 9.37. The van der Waals surface area contributed by atoms with Crippen LogP contribution < -0.4 is 5.32 Å². The van der Waals surface area contributed by atoms with E-state index in [0.29, 0.717) is 16.5 Å². The number of aliphatic hydroxyl groups excluding tert-OH is 2. The lowest BCUT2D eigenvalue weighted by molar-refractivity contribution is -0.0354. The lowest BCUT2D eigenvalue weighted by Gasteiger charge is -2.18. The summed E-state index contributed by atoms with van der Waals surface area (Å²) >= 11 is 6.18. The standard InChI is InChI=1S/C22H24ClN5O10P2/c23-22-26-19(25-12-3-1-2-10-6-13(29)14(30)7-11(10)12)16-20(27-22)28(8-24-16)21-18(32)17(31)15(38-21)4-5-39(33,34)9-40(35,36)37/h1-3,6-8,15,17-18,21,29-32H,4-5,9H2,(H,33,34)(H,25,26,27)(H2,35,36,37). The van der Waals surface area contributed by atoms with Crippen LogP contribution in [0.4, 0.5) is 11.5 Å². The molecule has 0 amide bonds. The summed E-state index contributed by atoms with van der Waals surface area (Å²) in [6, 6.07) is 7.93. The van der Waals surface area contributed by atoms with E-state index in [2.05, 4.69) is 20.3 Å². The first-order chi connectivity index (χ1) is 18.7. The highest BCUT2D eigenvalue weighted by atomic mass is 35.5. The van der Waals surface area contributed by atoms with E-state index in [1.165, 1.54) is 23.0 Å². The third-order valence-corrected chi connectivity index (χ3v) is 10.8. The van der Waals surface area contributed by atoms with E-state index in [1.807, 2.05) is 0 Å². The number of fused-ring (bicyclic) bond motifs is 2. The summed E-state index contributed by atoms with van der Waals surface area (Å²) in [5.74, 6) is -1.65. The van der Waals surface area contributed by atoms with Crippen LogP contribution in [0.5, 0.6) is 11.5 Å². The minimum absolute atomic E-state index is 0.120. The van der Waals surface area contributed by atoms with Gasteiger partial charge < -0.3 is 45.2 Å². The van der Waals surface area contributed by atoms with Crippen molar-refractivity contribution in [3.63, 3.8) is 0 Å². The van der Waals surface area contributed by atoms with Crippen molar-refractivity contribution >= 4 is 60.0 Å². The molecule has 5 rings (SSSR count). The van der Waals surface area contributed by atoms with Gasteiger partial charge in [-0.3, -0.25) is 13.7 Å². The summed E-state index contributed by atoms with van der Waals surface area (Å²) in [7, 11) is -8.98. The van der Waals surface area contributed by atoms with Gasteiger partial charge in [0.25, 0.3) is 0 Å². The molecular formula is C22H24ClN5O10P2. The largest absolute Gasteiger partial charge is 0.504 e. The third-order valence-electron chi connectivity index (χ3n) is 6.40. The van der Waals surface area contributed by atoms with Gasteiger partial charge in [0.1, 0.15) is 18.1 Å².